The molecular formula is C11H16N2O2S. The Balaban J connectivity index is 2.20. The van der Waals surface area contributed by atoms with E-state index in [1.54, 1.807) is 0 Å². The summed E-state index contributed by atoms with van der Waals surface area (Å²) in [4.78, 5) is 18.9. The van der Waals surface area contributed by atoms with E-state index >= 15 is 0 Å². The summed E-state index contributed by atoms with van der Waals surface area (Å²) in [6.07, 6.45) is 1.13. The Labute approximate surface area is 99.2 Å². The smallest absolute Gasteiger partial charge is 0.349 e. The number of carbonyl (C=O) groups is 1. The van der Waals surface area contributed by atoms with Crippen molar-refractivity contribution in [3.05, 3.63) is 15.6 Å². The fourth-order valence-electron chi connectivity index (χ4n) is 2.01. The zero-order valence-electron chi connectivity index (χ0n) is 9.82. The molecule has 0 amide bonds. The van der Waals surface area contributed by atoms with Gasteiger partial charge in [0.05, 0.1) is 17.8 Å². The Bertz CT molecular complexity index is 403. The molecule has 0 spiro atoms. The number of methoxy groups -OCH3 is 1. The van der Waals surface area contributed by atoms with Crippen LogP contribution < -0.4 is 0 Å². The van der Waals surface area contributed by atoms with Gasteiger partial charge in [0.25, 0.3) is 0 Å². The van der Waals surface area contributed by atoms with Gasteiger partial charge in [0, 0.05) is 12.5 Å². The third-order valence-corrected chi connectivity index (χ3v) is 4.22. The van der Waals surface area contributed by atoms with Crippen molar-refractivity contribution in [2.45, 2.75) is 19.3 Å². The van der Waals surface area contributed by atoms with Gasteiger partial charge in [-0.05, 0) is 26.9 Å². The number of likely N-dealkylation sites (N-methyl/N-ethyl adjacent to an activating group) is 1. The SMILES string of the molecule is COC(=O)c1sc(C2CCN(C)C2)nc1C. The van der Waals surface area contributed by atoms with E-state index in [4.69, 9.17) is 4.74 Å². The van der Waals surface area contributed by atoms with E-state index in [-0.39, 0.29) is 5.97 Å². The number of likely N-dealkylation sites (tertiary alicyclic amines) is 1. The summed E-state index contributed by atoms with van der Waals surface area (Å²) in [6.45, 7) is 4.01. The molecule has 1 aliphatic heterocycles. The number of ether oxygens (including phenoxy) is 1. The van der Waals surface area contributed by atoms with Crippen LogP contribution in [0.2, 0.25) is 0 Å². The maximum Gasteiger partial charge on any atom is 0.349 e. The predicted octanol–water partition coefficient (Wildman–Crippen LogP) is 1.66. The van der Waals surface area contributed by atoms with Crippen LogP contribution in [0.4, 0.5) is 0 Å². The highest BCUT2D eigenvalue weighted by atomic mass is 32.1. The Kier molecular flexibility index (Phi) is 3.25. The van der Waals surface area contributed by atoms with Crippen molar-refractivity contribution in [2.24, 2.45) is 0 Å². The lowest BCUT2D eigenvalue weighted by Gasteiger charge is -2.06. The summed E-state index contributed by atoms with van der Waals surface area (Å²) in [5.41, 5.74) is 0.793. The molecule has 5 heteroatoms. The number of aryl methyl sites for hydroxylation is 1. The lowest BCUT2D eigenvalue weighted by Crippen LogP contribution is -2.13. The normalized spacial score (nSPS) is 21.3. The summed E-state index contributed by atoms with van der Waals surface area (Å²) in [6, 6.07) is 0. The monoisotopic (exact) mass is 240 g/mol. The Morgan fingerprint density at radius 3 is 2.94 bits per heavy atom. The average molecular weight is 240 g/mol. The van der Waals surface area contributed by atoms with Crippen LogP contribution in [0.1, 0.15) is 32.7 Å². The van der Waals surface area contributed by atoms with Crippen LogP contribution in [-0.4, -0.2) is 43.1 Å². The number of thiazole rings is 1. The zero-order chi connectivity index (χ0) is 11.7. The number of nitrogens with zero attached hydrogens (tertiary/aromatic N) is 2. The lowest BCUT2D eigenvalue weighted by molar-refractivity contribution is 0.0605. The van der Waals surface area contributed by atoms with Crippen molar-refractivity contribution in [2.75, 3.05) is 27.2 Å². The first-order valence-electron chi connectivity index (χ1n) is 5.36. The van der Waals surface area contributed by atoms with E-state index in [9.17, 15) is 4.79 Å². The predicted molar refractivity (Wildman–Crippen MR) is 63.0 cm³/mol. The van der Waals surface area contributed by atoms with Crippen molar-refractivity contribution >= 4 is 17.3 Å². The number of hydrogen-bond acceptors (Lipinski definition) is 5. The van der Waals surface area contributed by atoms with E-state index in [0.29, 0.717) is 10.8 Å². The number of aromatic nitrogens is 1. The first kappa shape index (κ1) is 11.5. The highest BCUT2D eigenvalue weighted by molar-refractivity contribution is 7.13. The van der Waals surface area contributed by atoms with Crippen molar-refractivity contribution in [1.82, 2.24) is 9.88 Å². The summed E-state index contributed by atoms with van der Waals surface area (Å²) in [5.74, 6) is 0.208. The van der Waals surface area contributed by atoms with Crippen molar-refractivity contribution in [3.8, 4) is 0 Å². The molecule has 1 saturated heterocycles. The highest BCUT2D eigenvalue weighted by Crippen LogP contribution is 2.31. The molecule has 4 nitrogen and oxygen atoms in total. The van der Waals surface area contributed by atoms with Crippen molar-refractivity contribution in [3.63, 3.8) is 0 Å². The minimum absolute atomic E-state index is 0.271. The largest absolute Gasteiger partial charge is 0.465 e. The Morgan fingerprint density at radius 2 is 2.38 bits per heavy atom. The molecule has 1 aliphatic rings. The third-order valence-electron chi connectivity index (χ3n) is 2.92. The molecular weight excluding hydrogens is 224 g/mol. The standard InChI is InChI=1S/C11H16N2O2S/c1-7-9(11(14)15-3)16-10(12-7)8-4-5-13(2)6-8/h8H,4-6H2,1-3H3. The van der Waals surface area contributed by atoms with Gasteiger partial charge in [-0.25, -0.2) is 9.78 Å². The average Bonchev–Trinajstić information content (AvgIpc) is 2.83. The zero-order valence-corrected chi connectivity index (χ0v) is 10.6. The van der Waals surface area contributed by atoms with Gasteiger partial charge in [-0.2, -0.15) is 0 Å². The number of rotatable bonds is 2. The topological polar surface area (TPSA) is 42.4 Å². The van der Waals surface area contributed by atoms with E-state index in [1.807, 2.05) is 6.92 Å². The van der Waals surface area contributed by atoms with Gasteiger partial charge in [0.15, 0.2) is 0 Å². The quantitative estimate of drug-likeness (QED) is 0.737. The maximum absolute atomic E-state index is 11.5. The summed E-state index contributed by atoms with van der Waals surface area (Å²) < 4.78 is 4.74. The van der Waals surface area contributed by atoms with Crippen LogP contribution in [0.3, 0.4) is 0 Å². The molecule has 16 heavy (non-hydrogen) atoms. The molecule has 0 bridgehead atoms. The first-order valence-corrected chi connectivity index (χ1v) is 6.17. The minimum Gasteiger partial charge on any atom is -0.465 e. The van der Waals surface area contributed by atoms with Crippen molar-refractivity contribution in [1.29, 1.82) is 0 Å². The molecule has 1 fully saturated rings. The van der Waals surface area contributed by atoms with Crippen molar-refractivity contribution < 1.29 is 9.53 Å². The first-order chi connectivity index (χ1) is 7.61. The van der Waals surface area contributed by atoms with E-state index < -0.39 is 0 Å². The fourth-order valence-corrected chi connectivity index (χ4v) is 3.12. The number of carbonyl (C=O) groups excluding carboxylic acids is 1. The second-order valence-electron chi connectivity index (χ2n) is 4.21. The van der Waals surface area contributed by atoms with Gasteiger partial charge in [-0.3, -0.25) is 0 Å². The highest BCUT2D eigenvalue weighted by Gasteiger charge is 2.26. The summed E-state index contributed by atoms with van der Waals surface area (Å²) in [5, 5.41) is 1.07. The maximum atomic E-state index is 11.5. The van der Waals surface area contributed by atoms with Gasteiger partial charge in [0.2, 0.25) is 0 Å². The van der Waals surface area contributed by atoms with Gasteiger partial charge >= 0.3 is 5.97 Å². The van der Waals surface area contributed by atoms with Crippen LogP contribution in [-0.2, 0) is 4.74 Å². The number of esters is 1. The Hall–Kier alpha value is -0.940. The van der Waals surface area contributed by atoms with E-state index in [2.05, 4.69) is 16.9 Å². The second-order valence-corrected chi connectivity index (χ2v) is 5.24. The molecule has 0 radical (unpaired) electrons. The molecule has 88 valence electrons. The fraction of sp³-hybridized carbons (Fsp3) is 0.636. The molecule has 2 rings (SSSR count). The van der Waals surface area contributed by atoms with Crippen LogP contribution >= 0.6 is 11.3 Å². The molecule has 0 saturated carbocycles. The minimum atomic E-state index is -0.271. The second kappa shape index (κ2) is 4.51. The summed E-state index contributed by atoms with van der Waals surface area (Å²) >= 11 is 1.48. The van der Waals surface area contributed by atoms with Crippen LogP contribution in [0.5, 0.6) is 0 Å². The van der Waals surface area contributed by atoms with Crippen LogP contribution in [0.25, 0.3) is 0 Å². The van der Waals surface area contributed by atoms with Crippen LogP contribution in [0.15, 0.2) is 0 Å². The summed E-state index contributed by atoms with van der Waals surface area (Å²) in [7, 11) is 3.52. The third kappa shape index (κ3) is 2.10. The number of hydrogen-bond donors (Lipinski definition) is 0. The molecule has 1 aromatic heterocycles. The molecule has 0 N–H and O–H groups in total. The molecule has 1 atom stereocenters. The molecule has 1 aromatic rings. The Morgan fingerprint density at radius 1 is 1.62 bits per heavy atom. The lowest BCUT2D eigenvalue weighted by atomic mass is 10.1. The molecule has 0 aliphatic carbocycles. The van der Waals surface area contributed by atoms with Gasteiger partial charge < -0.3 is 9.64 Å². The van der Waals surface area contributed by atoms with Gasteiger partial charge in [0.1, 0.15) is 4.88 Å². The van der Waals surface area contributed by atoms with Gasteiger partial charge in [-0.15, -0.1) is 11.3 Å². The molecule has 1 unspecified atom stereocenters. The van der Waals surface area contributed by atoms with Gasteiger partial charge in [-0.1, -0.05) is 0 Å². The molecule has 2 heterocycles. The van der Waals surface area contributed by atoms with E-state index in [1.165, 1.54) is 18.4 Å². The molecule has 0 aromatic carbocycles. The van der Waals surface area contributed by atoms with E-state index in [0.717, 1.165) is 30.2 Å². The van der Waals surface area contributed by atoms with Crippen LogP contribution in [0, 0.1) is 6.92 Å².